The summed E-state index contributed by atoms with van der Waals surface area (Å²) in [6, 6.07) is 10.9. The number of methoxy groups -OCH3 is 1. The highest BCUT2D eigenvalue weighted by Crippen LogP contribution is 2.24. The largest absolute Gasteiger partial charge is 0.465 e. The molecule has 1 heterocycles. The summed E-state index contributed by atoms with van der Waals surface area (Å²) in [5.41, 5.74) is 2.55. The first-order chi connectivity index (χ1) is 12.8. The van der Waals surface area contributed by atoms with Crippen molar-refractivity contribution in [1.29, 1.82) is 0 Å². The SMILES string of the molecule is COC(=O)c1ccc(NS(=O)(=O)c2ccc3c(c2)CN(C(C)=O)CC3)cc1. The maximum atomic E-state index is 12.7. The third kappa shape index (κ3) is 4.11. The monoisotopic (exact) mass is 388 g/mol. The highest BCUT2D eigenvalue weighted by Gasteiger charge is 2.22. The lowest BCUT2D eigenvalue weighted by atomic mass is 10.00. The molecule has 7 nitrogen and oxygen atoms in total. The van der Waals surface area contributed by atoms with E-state index in [1.54, 1.807) is 23.1 Å². The van der Waals surface area contributed by atoms with Gasteiger partial charge in [0.25, 0.3) is 10.0 Å². The molecular formula is C19H20N2O5S. The molecule has 0 fully saturated rings. The molecule has 1 aliphatic rings. The fraction of sp³-hybridized carbons (Fsp3) is 0.263. The normalized spacial score (nSPS) is 13.6. The Morgan fingerprint density at radius 1 is 1.07 bits per heavy atom. The Hall–Kier alpha value is -2.87. The van der Waals surface area contributed by atoms with Gasteiger partial charge in [0.05, 0.1) is 17.6 Å². The Morgan fingerprint density at radius 3 is 2.41 bits per heavy atom. The molecule has 3 rings (SSSR count). The van der Waals surface area contributed by atoms with E-state index in [-0.39, 0.29) is 10.8 Å². The lowest BCUT2D eigenvalue weighted by molar-refractivity contribution is -0.129. The zero-order valence-electron chi connectivity index (χ0n) is 15.1. The van der Waals surface area contributed by atoms with Crippen molar-refractivity contribution in [3.8, 4) is 0 Å². The molecule has 0 unspecified atom stereocenters. The van der Waals surface area contributed by atoms with E-state index in [9.17, 15) is 18.0 Å². The second-order valence-corrected chi connectivity index (χ2v) is 7.98. The van der Waals surface area contributed by atoms with E-state index in [1.165, 1.54) is 38.3 Å². The van der Waals surface area contributed by atoms with E-state index in [4.69, 9.17) is 0 Å². The average molecular weight is 388 g/mol. The molecule has 0 saturated heterocycles. The van der Waals surface area contributed by atoms with Crippen molar-refractivity contribution in [1.82, 2.24) is 4.90 Å². The molecule has 1 aliphatic heterocycles. The van der Waals surface area contributed by atoms with Crippen molar-refractivity contribution in [3.05, 3.63) is 59.2 Å². The van der Waals surface area contributed by atoms with Crippen molar-refractivity contribution in [2.24, 2.45) is 0 Å². The van der Waals surface area contributed by atoms with E-state index in [0.717, 1.165) is 11.1 Å². The summed E-state index contributed by atoms with van der Waals surface area (Å²) in [5.74, 6) is -0.521. The number of esters is 1. The number of fused-ring (bicyclic) bond motifs is 1. The maximum Gasteiger partial charge on any atom is 0.337 e. The van der Waals surface area contributed by atoms with Crippen molar-refractivity contribution in [2.75, 3.05) is 18.4 Å². The molecule has 8 heteroatoms. The van der Waals surface area contributed by atoms with Crippen LogP contribution in [0.25, 0.3) is 0 Å². The van der Waals surface area contributed by atoms with E-state index in [2.05, 4.69) is 9.46 Å². The zero-order valence-corrected chi connectivity index (χ0v) is 15.9. The number of carbonyl (C=O) groups excluding carboxylic acids is 2. The van der Waals surface area contributed by atoms with Crippen molar-refractivity contribution < 1.29 is 22.7 Å². The van der Waals surface area contributed by atoms with Crippen LogP contribution in [-0.2, 0) is 32.5 Å². The molecule has 0 atom stereocenters. The van der Waals surface area contributed by atoms with Gasteiger partial charge in [-0.15, -0.1) is 0 Å². The molecule has 1 N–H and O–H groups in total. The van der Waals surface area contributed by atoms with Crippen LogP contribution in [0.5, 0.6) is 0 Å². The molecule has 1 amide bonds. The summed E-state index contributed by atoms with van der Waals surface area (Å²) in [6.07, 6.45) is 0.706. The quantitative estimate of drug-likeness (QED) is 0.811. The number of hydrogen-bond donors (Lipinski definition) is 1. The van der Waals surface area contributed by atoms with Crippen LogP contribution in [0.1, 0.15) is 28.4 Å². The third-order valence-electron chi connectivity index (χ3n) is 4.50. The van der Waals surface area contributed by atoms with Crippen LogP contribution in [-0.4, -0.2) is 38.8 Å². The first-order valence-electron chi connectivity index (χ1n) is 8.38. The molecule has 0 saturated carbocycles. The molecule has 2 aromatic rings. The molecule has 27 heavy (non-hydrogen) atoms. The number of rotatable bonds is 4. The minimum absolute atomic E-state index is 0.0299. The van der Waals surface area contributed by atoms with Gasteiger partial charge in [-0.05, 0) is 53.9 Å². The van der Waals surface area contributed by atoms with Gasteiger partial charge in [-0.3, -0.25) is 9.52 Å². The van der Waals surface area contributed by atoms with E-state index >= 15 is 0 Å². The molecule has 2 aromatic carbocycles. The summed E-state index contributed by atoms with van der Waals surface area (Å²) in [4.78, 5) is 24.9. The number of nitrogens with one attached hydrogen (secondary N) is 1. The molecule has 0 radical (unpaired) electrons. The van der Waals surface area contributed by atoms with Crippen LogP contribution in [0.3, 0.4) is 0 Å². The summed E-state index contributed by atoms with van der Waals surface area (Å²) < 4.78 is 32.5. The third-order valence-corrected chi connectivity index (χ3v) is 5.88. The van der Waals surface area contributed by atoms with E-state index in [0.29, 0.717) is 30.8 Å². The van der Waals surface area contributed by atoms with Gasteiger partial charge in [0, 0.05) is 25.7 Å². The topological polar surface area (TPSA) is 92.8 Å². The summed E-state index contributed by atoms with van der Waals surface area (Å²) in [6.45, 7) is 2.55. The molecule has 0 aromatic heterocycles. The lowest BCUT2D eigenvalue weighted by Crippen LogP contribution is -2.34. The Morgan fingerprint density at radius 2 is 1.78 bits per heavy atom. The number of ether oxygens (including phenoxy) is 1. The minimum atomic E-state index is -3.79. The van der Waals surface area contributed by atoms with Gasteiger partial charge in [0.2, 0.25) is 5.91 Å². The van der Waals surface area contributed by atoms with Crippen LogP contribution >= 0.6 is 0 Å². The van der Waals surface area contributed by atoms with Crippen molar-refractivity contribution in [2.45, 2.75) is 24.8 Å². The van der Waals surface area contributed by atoms with Gasteiger partial charge in [0.1, 0.15) is 0 Å². The predicted octanol–water partition coefficient (Wildman–Crippen LogP) is 2.18. The zero-order chi connectivity index (χ0) is 19.6. The second kappa shape index (κ2) is 7.40. The number of benzene rings is 2. The van der Waals surface area contributed by atoms with E-state index < -0.39 is 16.0 Å². The highest BCUT2D eigenvalue weighted by molar-refractivity contribution is 7.92. The molecule has 0 bridgehead atoms. The summed E-state index contributed by atoms with van der Waals surface area (Å²) in [5, 5.41) is 0. The molecular weight excluding hydrogens is 368 g/mol. The predicted molar refractivity (Wildman–Crippen MR) is 99.8 cm³/mol. The standard InChI is InChI=1S/C19H20N2O5S/c1-13(22)21-10-9-14-5-8-18(11-16(14)12-21)27(24,25)20-17-6-3-15(4-7-17)19(23)26-2/h3-8,11,20H,9-10,12H2,1-2H3. The second-order valence-electron chi connectivity index (χ2n) is 6.30. The van der Waals surface area contributed by atoms with Gasteiger partial charge in [-0.2, -0.15) is 0 Å². The van der Waals surface area contributed by atoms with Crippen LogP contribution in [0, 0.1) is 0 Å². The summed E-state index contributed by atoms with van der Waals surface area (Å²) in [7, 11) is -2.51. The smallest absolute Gasteiger partial charge is 0.337 e. The average Bonchev–Trinajstić information content (AvgIpc) is 2.66. The van der Waals surface area contributed by atoms with Gasteiger partial charge < -0.3 is 9.64 Å². The fourth-order valence-electron chi connectivity index (χ4n) is 2.98. The molecule has 142 valence electrons. The van der Waals surface area contributed by atoms with Gasteiger partial charge in [-0.1, -0.05) is 6.07 Å². The minimum Gasteiger partial charge on any atom is -0.465 e. The van der Waals surface area contributed by atoms with Crippen LogP contribution in [0.2, 0.25) is 0 Å². The van der Waals surface area contributed by atoms with Crippen LogP contribution in [0.4, 0.5) is 5.69 Å². The number of sulfonamides is 1. The summed E-state index contributed by atoms with van der Waals surface area (Å²) >= 11 is 0. The number of nitrogens with zero attached hydrogens (tertiary/aromatic N) is 1. The Labute approximate surface area is 158 Å². The Kier molecular flexibility index (Phi) is 5.18. The number of anilines is 1. The fourth-order valence-corrected chi connectivity index (χ4v) is 4.08. The highest BCUT2D eigenvalue weighted by atomic mass is 32.2. The van der Waals surface area contributed by atoms with Crippen molar-refractivity contribution >= 4 is 27.6 Å². The van der Waals surface area contributed by atoms with E-state index in [1.807, 2.05) is 0 Å². The van der Waals surface area contributed by atoms with Gasteiger partial charge in [-0.25, -0.2) is 13.2 Å². The maximum absolute atomic E-state index is 12.7. The molecule has 0 aliphatic carbocycles. The van der Waals surface area contributed by atoms with Gasteiger partial charge in [0.15, 0.2) is 0 Å². The van der Waals surface area contributed by atoms with Gasteiger partial charge >= 0.3 is 5.97 Å². The Balaban J connectivity index is 1.82. The van der Waals surface area contributed by atoms with Crippen molar-refractivity contribution in [3.63, 3.8) is 0 Å². The Bertz CT molecular complexity index is 984. The first-order valence-corrected chi connectivity index (χ1v) is 9.87. The van der Waals surface area contributed by atoms with Crippen LogP contribution < -0.4 is 4.72 Å². The molecule has 0 spiro atoms. The lowest BCUT2D eigenvalue weighted by Gasteiger charge is -2.28. The first kappa shape index (κ1) is 18.9. The number of amides is 1. The van der Waals surface area contributed by atoms with Crippen LogP contribution in [0.15, 0.2) is 47.4 Å². The number of hydrogen-bond acceptors (Lipinski definition) is 5. The number of carbonyl (C=O) groups is 2.